The average molecular weight is 287 g/mol. The average Bonchev–Trinajstić information content (AvgIpc) is 2.47. The second-order valence-electron chi connectivity index (χ2n) is 3.96. The van der Waals surface area contributed by atoms with Crippen molar-refractivity contribution in [2.45, 2.75) is 4.90 Å². The highest BCUT2D eigenvalue weighted by Gasteiger charge is 2.20. The standard InChI is InChI=1S/C15H10FNO2S/c16-15-9-5-4-6-12(15)10-14(11-17)20(18,19)13-7-2-1-3-8-13/h1-10H/b14-10+. The summed E-state index contributed by atoms with van der Waals surface area (Å²) >= 11 is 0. The SMILES string of the molecule is N#C/C(=C\c1ccccc1F)S(=O)(=O)c1ccccc1. The molecule has 0 N–H and O–H groups in total. The summed E-state index contributed by atoms with van der Waals surface area (Å²) in [6.45, 7) is 0. The molecule has 0 amide bonds. The zero-order chi connectivity index (χ0) is 14.6. The number of nitriles is 1. The van der Waals surface area contributed by atoms with Crippen LogP contribution in [-0.4, -0.2) is 8.42 Å². The second kappa shape index (κ2) is 5.68. The van der Waals surface area contributed by atoms with Crippen molar-refractivity contribution in [2.75, 3.05) is 0 Å². The van der Waals surface area contributed by atoms with Gasteiger partial charge < -0.3 is 0 Å². The Bertz CT molecular complexity index is 790. The van der Waals surface area contributed by atoms with Gasteiger partial charge in [-0.1, -0.05) is 36.4 Å². The van der Waals surface area contributed by atoms with Gasteiger partial charge in [-0.2, -0.15) is 5.26 Å². The molecule has 5 heteroatoms. The summed E-state index contributed by atoms with van der Waals surface area (Å²) in [4.78, 5) is -0.488. The summed E-state index contributed by atoms with van der Waals surface area (Å²) < 4.78 is 38.1. The molecule has 0 saturated carbocycles. The van der Waals surface area contributed by atoms with Crippen LogP contribution >= 0.6 is 0 Å². The van der Waals surface area contributed by atoms with Gasteiger partial charge in [-0.25, -0.2) is 12.8 Å². The lowest BCUT2D eigenvalue weighted by molar-refractivity contribution is 0.603. The molecule has 3 nitrogen and oxygen atoms in total. The van der Waals surface area contributed by atoms with Crippen LogP contribution in [0.25, 0.3) is 6.08 Å². The number of hydrogen-bond donors (Lipinski definition) is 0. The number of allylic oxidation sites excluding steroid dienone is 1. The van der Waals surface area contributed by atoms with Crippen LogP contribution in [0, 0.1) is 17.1 Å². The zero-order valence-corrected chi connectivity index (χ0v) is 11.1. The molecular weight excluding hydrogens is 277 g/mol. The molecule has 20 heavy (non-hydrogen) atoms. The van der Waals surface area contributed by atoms with Crippen molar-refractivity contribution in [3.63, 3.8) is 0 Å². The second-order valence-corrected chi connectivity index (χ2v) is 5.88. The molecular formula is C15H10FNO2S. The third-order valence-corrected chi connectivity index (χ3v) is 4.33. The Labute approximate surface area is 116 Å². The summed E-state index contributed by atoms with van der Waals surface area (Å²) in [7, 11) is -3.93. The summed E-state index contributed by atoms with van der Waals surface area (Å²) in [6, 6.07) is 14.9. The normalized spacial score (nSPS) is 11.9. The number of halogens is 1. The van der Waals surface area contributed by atoms with Crippen LogP contribution in [0.15, 0.2) is 64.4 Å². The van der Waals surface area contributed by atoms with Crippen molar-refractivity contribution < 1.29 is 12.8 Å². The lowest BCUT2D eigenvalue weighted by atomic mass is 10.2. The number of nitrogens with zero attached hydrogens (tertiary/aromatic N) is 1. The summed E-state index contributed by atoms with van der Waals surface area (Å²) in [5.41, 5.74) is 0.0588. The molecule has 2 aromatic rings. The van der Waals surface area contributed by atoms with E-state index in [1.165, 1.54) is 30.3 Å². The Morgan fingerprint density at radius 3 is 2.25 bits per heavy atom. The van der Waals surface area contributed by atoms with Crippen molar-refractivity contribution in [1.29, 1.82) is 5.26 Å². The predicted molar refractivity (Wildman–Crippen MR) is 73.6 cm³/mol. The first-order valence-corrected chi connectivity index (χ1v) is 7.20. The fourth-order valence-corrected chi connectivity index (χ4v) is 2.80. The van der Waals surface area contributed by atoms with Gasteiger partial charge in [0.1, 0.15) is 16.8 Å². The Morgan fingerprint density at radius 2 is 1.65 bits per heavy atom. The first-order chi connectivity index (χ1) is 9.55. The minimum Gasteiger partial charge on any atom is -0.218 e. The molecule has 2 rings (SSSR count). The van der Waals surface area contributed by atoms with E-state index in [1.807, 2.05) is 0 Å². The van der Waals surface area contributed by atoms with Gasteiger partial charge in [-0.3, -0.25) is 0 Å². The Balaban J connectivity index is 2.55. The summed E-state index contributed by atoms with van der Waals surface area (Å²) in [5, 5.41) is 9.06. The molecule has 0 radical (unpaired) electrons. The highest BCUT2D eigenvalue weighted by atomic mass is 32.2. The molecule has 100 valence electrons. The van der Waals surface area contributed by atoms with Crippen LogP contribution in [0.2, 0.25) is 0 Å². The largest absolute Gasteiger partial charge is 0.218 e. The van der Waals surface area contributed by atoms with Gasteiger partial charge >= 0.3 is 0 Å². The van der Waals surface area contributed by atoms with E-state index in [9.17, 15) is 12.8 Å². The third-order valence-electron chi connectivity index (χ3n) is 2.65. The first kappa shape index (κ1) is 14.0. The molecule has 0 heterocycles. The summed E-state index contributed by atoms with van der Waals surface area (Å²) in [5.74, 6) is -0.580. The topological polar surface area (TPSA) is 57.9 Å². The molecule has 0 aliphatic carbocycles. The van der Waals surface area contributed by atoms with E-state index in [2.05, 4.69) is 0 Å². The molecule has 0 aromatic heterocycles. The number of sulfone groups is 1. The Kier molecular flexibility index (Phi) is 3.97. The van der Waals surface area contributed by atoms with Gasteiger partial charge in [0.25, 0.3) is 0 Å². The van der Waals surface area contributed by atoms with E-state index in [-0.39, 0.29) is 10.5 Å². The number of hydrogen-bond acceptors (Lipinski definition) is 3. The van der Waals surface area contributed by atoms with Crippen LogP contribution in [0.5, 0.6) is 0 Å². The lowest BCUT2D eigenvalue weighted by Crippen LogP contribution is -2.03. The quantitative estimate of drug-likeness (QED) is 0.815. The van der Waals surface area contributed by atoms with Crippen molar-refractivity contribution >= 4 is 15.9 Å². The van der Waals surface area contributed by atoms with Gasteiger partial charge in [-0.15, -0.1) is 0 Å². The maximum absolute atomic E-state index is 13.5. The molecule has 0 fully saturated rings. The first-order valence-electron chi connectivity index (χ1n) is 5.72. The van der Waals surface area contributed by atoms with Crippen molar-refractivity contribution in [1.82, 2.24) is 0 Å². The van der Waals surface area contributed by atoms with Crippen molar-refractivity contribution in [3.05, 3.63) is 70.9 Å². The molecule has 0 aliphatic rings. The van der Waals surface area contributed by atoms with E-state index in [1.54, 1.807) is 30.3 Å². The molecule has 0 spiro atoms. The van der Waals surface area contributed by atoms with Crippen LogP contribution in [-0.2, 0) is 9.84 Å². The molecule has 0 bridgehead atoms. The Morgan fingerprint density at radius 1 is 1.05 bits per heavy atom. The van der Waals surface area contributed by atoms with Gasteiger partial charge in [0.2, 0.25) is 9.84 Å². The van der Waals surface area contributed by atoms with Gasteiger partial charge in [-0.05, 0) is 24.3 Å². The van der Waals surface area contributed by atoms with Crippen LogP contribution in [0.1, 0.15) is 5.56 Å². The van der Waals surface area contributed by atoms with E-state index in [4.69, 9.17) is 5.26 Å². The molecule has 0 saturated heterocycles. The molecule has 0 aliphatic heterocycles. The van der Waals surface area contributed by atoms with E-state index in [0.717, 1.165) is 6.08 Å². The minimum absolute atomic E-state index is 0.00383. The van der Waals surface area contributed by atoms with Crippen molar-refractivity contribution in [2.24, 2.45) is 0 Å². The Hall–Kier alpha value is -2.45. The zero-order valence-electron chi connectivity index (χ0n) is 10.3. The van der Waals surface area contributed by atoms with Crippen LogP contribution in [0.3, 0.4) is 0 Å². The highest BCUT2D eigenvalue weighted by molar-refractivity contribution is 7.95. The maximum Gasteiger partial charge on any atom is 0.216 e. The summed E-state index contributed by atoms with van der Waals surface area (Å²) in [6.07, 6.45) is 1.04. The molecule has 0 unspecified atom stereocenters. The molecule has 0 atom stereocenters. The number of benzene rings is 2. The maximum atomic E-state index is 13.5. The van der Waals surface area contributed by atoms with Crippen LogP contribution < -0.4 is 0 Å². The van der Waals surface area contributed by atoms with Gasteiger partial charge in [0, 0.05) is 5.56 Å². The smallest absolute Gasteiger partial charge is 0.216 e. The van der Waals surface area contributed by atoms with Crippen molar-refractivity contribution in [3.8, 4) is 6.07 Å². The highest BCUT2D eigenvalue weighted by Crippen LogP contribution is 2.21. The lowest BCUT2D eigenvalue weighted by Gasteiger charge is -2.03. The monoisotopic (exact) mass is 287 g/mol. The van der Waals surface area contributed by atoms with Gasteiger partial charge in [0.05, 0.1) is 4.90 Å². The predicted octanol–water partition coefficient (Wildman–Crippen LogP) is 3.16. The van der Waals surface area contributed by atoms with E-state index >= 15 is 0 Å². The third kappa shape index (κ3) is 2.76. The fraction of sp³-hybridized carbons (Fsp3) is 0. The number of rotatable bonds is 3. The molecule has 2 aromatic carbocycles. The minimum atomic E-state index is -3.93. The van der Waals surface area contributed by atoms with Crippen LogP contribution in [0.4, 0.5) is 4.39 Å². The van der Waals surface area contributed by atoms with E-state index in [0.29, 0.717) is 0 Å². The fourth-order valence-electron chi connectivity index (χ4n) is 1.63. The van der Waals surface area contributed by atoms with Gasteiger partial charge in [0.15, 0.2) is 0 Å². The van der Waals surface area contributed by atoms with E-state index < -0.39 is 20.6 Å².